The monoisotopic (exact) mass is 431 g/mol. The molecule has 5 heteroatoms. The van der Waals surface area contributed by atoms with Gasteiger partial charge in [0.2, 0.25) is 0 Å². The van der Waals surface area contributed by atoms with Gasteiger partial charge in [-0.3, -0.25) is 4.79 Å². The molecule has 4 rings (SSSR count). The molecule has 1 aliphatic heterocycles. The molecule has 0 fully saturated rings. The molecular weight excluding hydrogens is 402 g/mol. The Balaban J connectivity index is 0.000000360. The van der Waals surface area contributed by atoms with E-state index >= 15 is 0 Å². The van der Waals surface area contributed by atoms with Crippen LogP contribution < -0.4 is 10.3 Å². The molecular formula is C27H29NO4. The second kappa shape index (κ2) is 11.3. The standard InChI is InChI=1S/C22H17NO2.C5H12O2/c1-15(24)18-13-8-14-19-21(18)20(16-9-4-2-5-10-16)22(23-25-19)17-11-6-3-7-12-17;1-2-5(3-6)4-7/h2-14,23H,1H3;5-7H,2-4H2,1H3. The summed E-state index contributed by atoms with van der Waals surface area (Å²) in [4.78, 5) is 18.0. The molecule has 5 nitrogen and oxygen atoms in total. The van der Waals surface area contributed by atoms with Gasteiger partial charge in [0.1, 0.15) is 0 Å². The number of carbonyl (C=O) groups is 1. The molecule has 1 heterocycles. The van der Waals surface area contributed by atoms with Crippen molar-refractivity contribution in [3.8, 4) is 5.75 Å². The minimum Gasteiger partial charge on any atom is -0.396 e. The molecule has 0 atom stereocenters. The molecule has 3 N–H and O–H groups in total. The van der Waals surface area contributed by atoms with Gasteiger partial charge in [-0.15, -0.1) is 0 Å². The Hall–Kier alpha value is -3.41. The quantitative estimate of drug-likeness (QED) is 0.493. The molecule has 0 saturated heterocycles. The van der Waals surface area contributed by atoms with Gasteiger partial charge in [-0.2, -0.15) is 0 Å². The van der Waals surface area contributed by atoms with Gasteiger partial charge in [-0.05, 0) is 25.0 Å². The SMILES string of the molecule is CC(=O)c1cccc2c1C(c1ccccc1)=C(c1ccccc1)NO2.CCC(CO)CO. The van der Waals surface area contributed by atoms with Crippen molar-refractivity contribution in [3.63, 3.8) is 0 Å². The highest BCUT2D eigenvalue weighted by Crippen LogP contribution is 2.41. The topological polar surface area (TPSA) is 78.8 Å². The predicted molar refractivity (Wildman–Crippen MR) is 127 cm³/mol. The maximum atomic E-state index is 12.2. The Kier molecular flexibility index (Phi) is 8.20. The number of benzene rings is 3. The highest BCUT2D eigenvalue weighted by atomic mass is 16.6. The van der Waals surface area contributed by atoms with Gasteiger partial charge < -0.3 is 15.1 Å². The molecule has 0 spiro atoms. The third-order valence-corrected chi connectivity index (χ3v) is 5.39. The fourth-order valence-electron chi connectivity index (χ4n) is 3.47. The lowest BCUT2D eigenvalue weighted by molar-refractivity contribution is 0.101. The smallest absolute Gasteiger partial charge is 0.163 e. The second-order valence-corrected chi connectivity index (χ2v) is 7.56. The Morgan fingerprint density at radius 1 is 0.875 bits per heavy atom. The summed E-state index contributed by atoms with van der Waals surface area (Å²) in [5, 5.41) is 16.7. The van der Waals surface area contributed by atoms with Crippen LogP contribution in [-0.4, -0.2) is 29.2 Å². The third-order valence-electron chi connectivity index (χ3n) is 5.39. The molecule has 166 valence electrons. The number of Topliss-reactive ketones (excluding diaryl/α,β-unsaturated/α-hetero) is 1. The van der Waals surface area contributed by atoms with E-state index in [0.717, 1.165) is 34.4 Å². The fraction of sp³-hybridized carbons (Fsp3) is 0.222. The summed E-state index contributed by atoms with van der Waals surface area (Å²) in [6, 6.07) is 25.6. The first-order chi connectivity index (χ1) is 15.6. The lowest BCUT2D eigenvalue weighted by atomic mass is 9.88. The fourth-order valence-corrected chi connectivity index (χ4v) is 3.47. The van der Waals surface area contributed by atoms with Gasteiger partial charge in [-0.25, -0.2) is 5.48 Å². The van der Waals surface area contributed by atoms with E-state index in [0.29, 0.717) is 11.3 Å². The number of rotatable bonds is 6. The molecule has 0 bridgehead atoms. The second-order valence-electron chi connectivity index (χ2n) is 7.56. The largest absolute Gasteiger partial charge is 0.396 e. The summed E-state index contributed by atoms with van der Waals surface area (Å²) >= 11 is 0. The normalized spacial score (nSPS) is 12.3. The van der Waals surface area contributed by atoms with Crippen LogP contribution in [0.4, 0.5) is 0 Å². The molecule has 0 aromatic heterocycles. The summed E-state index contributed by atoms with van der Waals surface area (Å²) in [6.45, 7) is 3.74. The van der Waals surface area contributed by atoms with Crippen LogP contribution in [0.15, 0.2) is 78.9 Å². The number of nitrogens with one attached hydrogen (secondary N) is 1. The number of aliphatic hydroxyl groups excluding tert-OH is 2. The summed E-state index contributed by atoms with van der Waals surface area (Å²) in [7, 11) is 0. The molecule has 0 radical (unpaired) electrons. The first kappa shape index (κ1) is 23.3. The van der Waals surface area contributed by atoms with Crippen molar-refractivity contribution in [2.24, 2.45) is 5.92 Å². The van der Waals surface area contributed by atoms with E-state index in [1.165, 1.54) is 0 Å². The lowest BCUT2D eigenvalue weighted by Gasteiger charge is -2.26. The van der Waals surface area contributed by atoms with Gasteiger partial charge in [0.05, 0.1) is 5.70 Å². The van der Waals surface area contributed by atoms with Gasteiger partial charge in [0.25, 0.3) is 0 Å². The molecule has 3 aromatic carbocycles. The number of hydroxylamine groups is 1. The van der Waals surface area contributed by atoms with E-state index < -0.39 is 0 Å². The highest BCUT2D eigenvalue weighted by molar-refractivity contribution is 6.08. The van der Waals surface area contributed by atoms with E-state index in [4.69, 9.17) is 15.1 Å². The minimum absolute atomic E-state index is 0.0168. The zero-order valence-electron chi connectivity index (χ0n) is 18.4. The molecule has 0 saturated carbocycles. The first-order valence-corrected chi connectivity index (χ1v) is 10.7. The van der Waals surface area contributed by atoms with Crippen LogP contribution in [0.3, 0.4) is 0 Å². The van der Waals surface area contributed by atoms with Crippen LogP contribution in [0, 0.1) is 5.92 Å². The first-order valence-electron chi connectivity index (χ1n) is 10.7. The summed E-state index contributed by atoms with van der Waals surface area (Å²) < 4.78 is 0. The van der Waals surface area contributed by atoms with Crippen LogP contribution in [-0.2, 0) is 0 Å². The maximum Gasteiger partial charge on any atom is 0.163 e. The highest BCUT2D eigenvalue weighted by Gasteiger charge is 2.26. The summed E-state index contributed by atoms with van der Waals surface area (Å²) in [5.74, 6) is 0.773. The number of hydrogen-bond acceptors (Lipinski definition) is 5. The summed E-state index contributed by atoms with van der Waals surface area (Å²) in [6.07, 6.45) is 0.854. The number of fused-ring (bicyclic) bond motifs is 1. The van der Waals surface area contributed by atoms with Crippen molar-refractivity contribution in [3.05, 3.63) is 101 Å². The zero-order chi connectivity index (χ0) is 22.9. The third kappa shape index (κ3) is 5.25. The summed E-state index contributed by atoms with van der Waals surface area (Å²) in [5.41, 5.74) is 8.43. The minimum atomic E-state index is 0.0168. The average Bonchev–Trinajstić information content (AvgIpc) is 2.85. The molecule has 3 aromatic rings. The van der Waals surface area contributed by atoms with E-state index in [9.17, 15) is 4.79 Å². The lowest BCUT2D eigenvalue weighted by Crippen LogP contribution is -2.24. The Labute approximate surface area is 189 Å². The average molecular weight is 432 g/mol. The van der Waals surface area contributed by atoms with Crippen LogP contribution in [0.5, 0.6) is 5.75 Å². The predicted octanol–water partition coefficient (Wildman–Crippen LogP) is 4.70. The molecule has 0 amide bonds. The van der Waals surface area contributed by atoms with Crippen molar-refractivity contribution < 1.29 is 19.8 Å². The molecule has 1 aliphatic rings. The van der Waals surface area contributed by atoms with Crippen LogP contribution in [0.1, 0.15) is 47.3 Å². The number of ketones is 1. The van der Waals surface area contributed by atoms with E-state index in [-0.39, 0.29) is 24.9 Å². The number of aliphatic hydroxyl groups is 2. The van der Waals surface area contributed by atoms with Crippen molar-refractivity contribution in [2.75, 3.05) is 13.2 Å². The van der Waals surface area contributed by atoms with Gasteiger partial charge in [-0.1, -0.05) is 79.7 Å². The molecule has 0 aliphatic carbocycles. The Bertz CT molecular complexity index is 1050. The van der Waals surface area contributed by atoms with E-state index in [1.54, 1.807) is 6.92 Å². The Morgan fingerprint density at radius 3 is 1.97 bits per heavy atom. The van der Waals surface area contributed by atoms with Crippen LogP contribution in [0.25, 0.3) is 11.3 Å². The van der Waals surface area contributed by atoms with Crippen molar-refractivity contribution in [1.82, 2.24) is 5.48 Å². The van der Waals surface area contributed by atoms with Crippen molar-refractivity contribution in [1.29, 1.82) is 0 Å². The maximum absolute atomic E-state index is 12.2. The van der Waals surface area contributed by atoms with Gasteiger partial charge in [0, 0.05) is 41.4 Å². The van der Waals surface area contributed by atoms with E-state index in [1.807, 2.05) is 85.8 Å². The van der Waals surface area contributed by atoms with Crippen LogP contribution >= 0.6 is 0 Å². The zero-order valence-corrected chi connectivity index (χ0v) is 18.4. The Morgan fingerprint density at radius 2 is 1.47 bits per heavy atom. The van der Waals surface area contributed by atoms with Gasteiger partial charge >= 0.3 is 0 Å². The van der Waals surface area contributed by atoms with Crippen molar-refractivity contribution >= 4 is 17.1 Å². The van der Waals surface area contributed by atoms with Crippen molar-refractivity contribution in [2.45, 2.75) is 20.3 Å². The van der Waals surface area contributed by atoms with Crippen LogP contribution in [0.2, 0.25) is 0 Å². The molecule has 32 heavy (non-hydrogen) atoms. The molecule has 0 unspecified atom stereocenters. The van der Waals surface area contributed by atoms with Gasteiger partial charge in [0.15, 0.2) is 11.5 Å². The van der Waals surface area contributed by atoms with E-state index in [2.05, 4.69) is 5.48 Å². The number of carbonyl (C=O) groups excluding carboxylic acids is 1. The number of hydrogen-bond donors (Lipinski definition) is 3.